The molecule has 0 radical (unpaired) electrons. The van der Waals surface area contributed by atoms with Gasteiger partial charge in [0.05, 0.1) is 0 Å². The van der Waals surface area contributed by atoms with E-state index in [1.165, 1.54) is 18.2 Å². The molecule has 0 unspecified atom stereocenters. The van der Waals surface area contributed by atoms with Crippen LogP contribution in [0.15, 0.2) is 48.5 Å². The molecule has 3 rings (SSSR count). The van der Waals surface area contributed by atoms with Gasteiger partial charge >= 0.3 is 6.36 Å². The summed E-state index contributed by atoms with van der Waals surface area (Å²) in [4.78, 5) is 14.4. The van der Waals surface area contributed by atoms with Crippen molar-refractivity contribution < 1.29 is 32.2 Å². The van der Waals surface area contributed by atoms with Gasteiger partial charge < -0.3 is 15.2 Å². The van der Waals surface area contributed by atoms with Gasteiger partial charge in [-0.15, -0.1) is 13.2 Å². The highest BCUT2D eigenvalue weighted by molar-refractivity contribution is 5.97. The average Bonchev–Trinajstić information content (AvgIpc) is 2.66. The maximum Gasteiger partial charge on any atom is 0.573 e. The highest BCUT2D eigenvalue weighted by atomic mass is 19.4. The molecule has 29 heavy (non-hydrogen) atoms. The molecule has 2 aromatic rings. The molecule has 0 aromatic heterocycles. The highest BCUT2D eigenvalue weighted by Crippen LogP contribution is 2.27. The van der Waals surface area contributed by atoms with Crippen molar-refractivity contribution in [2.24, 2.45) is 0 Å². The minimum absolute atomic E-state index is 0.155. The van der Waals surface area contributed by atoms with Crippen LogP contribution >= 0.6 is 0 Å². The number of ether oxygens (including phenoxy) is 1. The average molecular weight is 412 g/mol. The molecule has 1 amide bonds. The van der Waals surface area contributed by atoms with Gasteiger partial charge in [-0.1, -0.05) is 18.2 Å². The Hall–Kier alpha value is -2.65. The Morgan fingerprint density at radius 1 is 1.10 bits per heavy atom. The van der Waals surface area contributed by atoms with E-state index in [1.54, 1.807) is 18.2 Å². The molecule has 0 aliphatic carbocycles. The van der Waals surface area contributed by atoms with E-state index in [0.717, 1.165) is 12.1 Å². The van der Waals surface area contributed by atoms with Gasteiger partial charge in [0.2, 0.25) is 0 Å². The number of hydrogen-bond acceptors (Lipinski definition) is 4. The number of carbonyl (C=O) groups is 1. The molecule has 1 fully saturated rings. The number of anilines is 1. The Bertz CT molecular complexity index is 848. The van der Waals surface area contributed by atoms with E-state index >= 15 is 0 Å². The summed E-state index contributed by atoms with van der Waals surface area (Å²) in [5, 5.41) is 13.2. The number of carbonyl (C=O) groups excluding carboxylic acids is 1. The molecule has 5 nitrogen and oxygen atoms in total. The third-order valence-electron chi connectivity index (χ3n) is 4.80. The van der Waals surface area contributed by atoms with E-state index in [-0.39, 0.29) is 24.3 Å². The first kappa shape index (κ1) is 21.1. The second kappa shape index (κ2) is 8.38. The number of nitrogens with zero attached hydrogens (tertiary/aromatic N) is 1. The number of rotatable bonds is 5. The summed E-state index contributed by atoms with van der Waals surface area (Å²) in [6.07, 6.45) is -4.48. The summed E-state index contributed by atoms with van der Waals surface area (Å²) in [7, 11) is 0. The molecule has 0 saturated carbocycles. The number of likely N-dealkylation sites (tertiary alicyclic amines) is 1. The van der Waals surface area contributed by atoms with Gasteiger partial charge in [0.15, 0.2) is 0 Å². The van der Waals surface area contributed by atoms with Crippen LogP contribution in [-0.4, -0.2) is 41.0 Å². The molecular weight excluding hydrogens is 392 g/mol. The summed E-state index contributed by atoms with van der Waals surface area (Å²) >= 11 is 0. The predicted molar refractivity (Wildman–Crippen MR) is 97.6 cm³/mol. The van der Waals surface area contributed by atoms with Crippen LogP contribution in [-0.2, 0) is 11.3 Å². The molecule has 1 aliphatic rings. The van der Waals surface area contributed by atoms with E-state index in [2.05, 4.69) is 10.1 Å². The van der Waals surface area contributed by atoms with E-state index in [4.69, 9.17) is 0 Å². The van der Waals surface area contributed by atoms with Gasteiger partial charge in [-0.25, -0.2) is 4.39 Å². The van der Waals surface area contributed by atoms with E-state index in [9.17, 15) is 27.5 Å². The molecule has 2 N–H and O–H groups in total. The minimum atomic E-state index is -4.80. The lowest BCUT2D eigenvalue weighted by Crippen LogP contribution is -2.51. The number of piperidine rings is 1. The highest BCUT2D eigenvalue weighted by Gasteiger charge is 2.39. The third-order valence-corrected chi connectivity index (χ3v) is 4.80. The number of hydrogen-bond donors (Lipinski definition) is 2. The number of alkyl halides is 3. The van der Waals surface area contributed by atoms with Crippen molar-refractivity contribution in [1.82, 2.24) is 4.90 Å². The van der Waals surface area contributed by atoms with Crippen LogP contribution in [0.4, 0.5) is 23.2 Å². The fourth-order valence-corrected chi connectivity index (χ4v) is 3.16. The lowest BCUT2D eigenvalue weighted by Gasteiger charge is -2.37. The van der Waals surface area contributed by atoms with Crippen LogP contribution < -0.4 is 10.1 Å². The van der Waals surface area contributed by atoms with Gasteiger partial charge in [0.25, 0.3) is 5.91 Å². The van der Waals surface area contributed by atoms with Gasteiger partial charge in [0.1, 0.15) is 17.2 Å². The molecule has 9 heteroatoms. The Morgan fingerprint density at radius 3 is 2.31 bits per heavy atom. The smallest absolute Gasteiger partial charge is 0.406 e. The fourth-order valence-electron chi connectivity index (χ4n) is 3.16. The van der Waals surface area contributed by atoms with Crippen molar-refractivity contribution in [3.05, 3.63) is 59.9 Å². The topological polar surface area (TPSA) is 61.8 Å². The van der Waals surface area contributed by atoms with Gasteiger partial charge in [-0.05, 0) is 43.2 Å². The van der Waals surface area contributed by atoms with Crippen LogP contribution in [0.5, 0.6) is 5.75 Å². The Kier molecular flexibility index (Phi) is 6.09. The zero-order chi connectivity index (χ0) is 21.1. The normalized spacial score (nSPS) is 17.0. The zero-order valence-corrected chi connectivity index (χ0v) is 15.4. The molecule has 0 spiro atoms. The van der Waals surface area contributed by atoms with Gasteiger partial charge in [0, 0.05) is 30.9 Å². The van der Waals surface area contributed by atoms with E-state index in [1.807, 2.05) is 4.90 Å². The number of benzene rings is 2. The second-order valence-electron chi connectivity index (χ2n) is 6.93. The van der Waals surface area contributed by atoms with Crippen molar-refractivity contribution in [2.75, 3.05) is 18.4 Å². The Balaban J connectivity index is 1.54. The van der Waals surface area contributed by atoms with Gasteiger partial charge in [-0.2, -0.15) is 0 Å². The molecule has 0 bridgehead atoms. The molecule has 0 atom stereocenters. The third kappa shape index (κ3) is 5.68. The van der Waals surface area contributed by atoms with E-state index < -0.39 is 23.6 Å². The van der Waals surface area contributed by atoms with Crippen molar-refractivity contribution in [3.8, 4) is 5.75 Å². The van der Waals surface area contributed by atoms with Crippen LogP contribution in [0.3, 0.4) is 0 Å². The number of halogens is 4. The number of amides is 1. The quantitative estimate of drug-likeness (QED) is 0.736. The van der Waals surface area contributed by atoms with Crippen molar-refractivity contribution >= 4 is 11.6 Å². The second-order valence-corrected chi connectivity index (χ2v) is 6.93. The summed E-state index contributed by atoms with van der Waals surface area (Å²) in [5.41, 5.74) is -0.817. The summed E-state index contributed by atoms with van der Waals surface area (Å²) < 4.78 is 54.1. The Morgan fingerprint density at radius 2 is 1.72 bits per heavy atom. The predicted octanol–water partition coefficient (Wildman–Crippen LogP) is 3.69. The van der Waals surface area contributed by atoms with E-state index in [0.29, 0.717) is 25.2 Å². The molecule has 2 aromatic carbocycles. The standard InChI is InChI=1S/C20H20F4N2O3/c21-17-4-2-1-3-14(17)13-26-11-9-19(28,10-12-26)18(27)25-15-5-7-16(8-6-15)29-20(22,23)24/h1-8,28H,9-13H2,(H,25,27). The van der Waals surface area contributed by atoms with Crippen molar-refractivity contribution in [2.45, 2.75) is 31.3 Å². The largest absolute Gasteiger partial charge is 0.573 e. The monoisotopic (exact) mass is 412 g/mol. The van der Waals surface area contributed by atoms with Gasteiger partial charge in [-0.3, -0.25) is 9.69 Å². The maximum atomic E-state index is 13.8. The fraction of sp³-hybridized carbons (Fsp3) is 0.350. The maximum absolute atomic E-state index is 13.8. The molecule has 156 valence electrons. The van der Waals surface area contributed by atoms with Crippen LogP contribution in [0.25, 0.3) is 0 Å². The SMILES string of the molecule is O=C(Nc1ccc(OC(F)(F)F)cc1)C1(O)CCN(Cc2ccccc2F)CC1. The molecule has 1 saturated heterocycles. The minimum Gasteiger partial charge on any atom is -0.406 e. The van der Waals surface area contributed by atoms with Crippen LogP contribution in [0.2, 0.25) is 0 Å². The lowest BCUT2D eigenvalue weighted by atomic mass is 9.90. The van der Waals surface area contributed by atoms with Crippen molar-refractivity contribution in [3.63, 3.8) is 0 Å². The number of nitrogens with one attached hydrogen (secondary N) is 1. The molecule has 1 heterocycles. The summed E-state index contributed by atoms with van der Waals surface area (Å²) in [6, 6.07) is 11.1. The number of aliphatic hydroxyl groups is 1. The zero-order valence-electron chi connectivity index (χ0n) is 15.4. The van der Waals surface area contributed by atoms with Crippen LogP contribution in [0, 0.1) is 5.82 Å². The summed E-state index contributed by atoms with van der Waals surface area (Å²) in [6.45, 7) is 1.18. The summed E-state index contributed by atoms with van der Waals surface area (Å²) in [5.74, 6) is -1.34. The lowest BCUT2D eigenvalue weighted by molar-refractivity contribution is -0.274. The molecule has 1 aliphatic heterocycles. The van der Waals surface area contributed by atoms with Crippen LogP contribution in [0.1, 0.15) is 18.4 Å². The first-order valence-electron chi connectivity index (χ1n) is 9.00. The van der Waals surface area contributed by atoms with Crippen molar-refractivity contribution in [1.29, 1.82) is 0 Å². The Labute approximate surface area is 164 Å². The molecular formula is C20H20F4N2O3. The first-order valence-corrected chi connectivity index (χ1v) is 9.00. The first-order chi connectivity index (χ1) is 13.6.